The molecule has 6 heteroatoms. The van der Waals surface area contributed by atoms with Gasteiger partial charge in [-0.3, -0.25) is 0 Å². The van der Waals surface area contributed by atoms with Crippen LogP contribution in [0.5, 0.6) is 0 Å². The lowest BCUT2D eigenvalue weighted by molar-refractivity contribution is 0.0697. The fourth-order valence-electron chi connectivity index (χ4n) is 2.08. The molecular formula is C16H15ClN2O2S. The molecule has 0 saturated heterocycles. The summed E-state index contributed by atoms with van der Waals surface area (Å²) in [6.07, 6.45) is 0. The van der Waals surface area contributed by atoms with E-state index in [9.17, 15) is 4.79 Å². The lowest BCUT2D eigenvalue weighted by atomic mass is 10.2. The number of carbonyl (C=O) groups is 1. The summed E-state index contributed by atoms with van der Waals surface area (Å²) in [5.74, 6) is -0.915. The molecule has 22 heavy (non-hydrogen) atoms. The monoisotopic (exact) mass is 334 g/mol. The van der Waals surface area contributed by atoms with Crippen molar-refractivity contribution in [2.24, 2.45) is 0 Å². The minimum atomic E-state index is -0.915. The van der Waals surface area contributed by atoms with Crippen molar-refractivity contribution in [3.63, 3.8) is 0 Å². The van der Waals surface area contributed by atoms with E-state index in [4.69, 9.17) is 5.11 Å². The highest BCUT2D eigenvalue weighted by Gasteiger charge is 2.09. The second-order valence-electron chi connectivity index (χ2n) is 4.95. The van der Waals surface area contributed by atoms with Gasteiger partial charge in [0.2, 0.25) is 0 Å². The van der Waals surface area contributed by atoms with Crippen molar-refractivity contribution >= 4 is 45.6 Å². The van der Waals surface area contributed by atoms with Crippen LogP contribution in [0.1, 0.15) is 10.4 Å². The van der Waals surface area contributed by atoms with E-state index in [1.165, 1.54) is 11.3 Å². The average molecular weight is 335 g/mol. The van der Waals surface area contributed by atoms with Gasteiger partial charge >= 0.3 is 5.97 Å². The number of aromatic nitrogens is 1. The average Bonchev–Trinajstić information content (AvgIpc) is 2.90. The number of hydrogen-bond acceptors (Lipinski definition) is 4. The summed E-state index contributed by atoms with van der Waals surface area (Å²) in [5, 5.41) is 9.93. The predicted molar refractivity (Wildman–Crippen MR) is 93.6 cm³/mol. The molecule has 1 N–H and O–H groups in total. The fourth-order valence-corrected chi connectivity index (χ4v) is 3.09. The summed E-state index contributed by atoms with van der Waals surface area (Å²) in [7, 11) is 4.00. The molecule has 0 aliphatic rings. The predicted octanol–water partition coefficient (Wildman–Crippen LogP) is 4.15. The number of benzene rings is 2. The van der Waals surface area contributed by atoms with Crippen molar-refractivity contribution in [1.29, 1.82) is 0 Å². The molecule has 0 saturated carbocycles. The molecule has 0 atom stereocenters. The second-order valence-corrected chi connectivity index (χ2v) is 5.98. The number of thiazole rings is 1. The Kier molecular flexibility index (Phi) is 4.68. The minimum Gasteiger partial charge on any atom is -0.478 e. The van der Waals surface area contributed by atoms with Crippen LogP contribution in [0.4, 0.5) is 5.69 Å². The van der Waals surface area contributed by atoms with E-state index in [1.54, 1.807) is 18.2 Å². The molecule has 1 heterocycles. The van der Waals surface area contributed by atoms with Gasteiger partial charge in [0.15, 0.2) is 0 Å². The first kappa shape index (κ1) is 16.3. The Labute approximate surface area is 138 Å². The maximum absolute atomic E-state index is 11.0. The number of aromatic carboxylic acids is 1. The summed E-state index contributed by atoms with van der Waals surface area (Å²) in [5.41, 5.74) is 3.30. The summed E-state index contributed by atoms with van der Waals surface area (Å²) >= 11 is 1.51. The van der Waals surface area contributed by atoms with Gasteiger partial charge in [-0.05, 0) is 42.5 Å². The zero-order chi connectivity index (χ0) is 15.0. The number of rotatable bonds is 3. The van der Waals surface area contributed by atoms with Gasteiger partial charge in [-0.25, -0.2) is 9.78 Å². The van der Waals surface area contributed by atoms with Gasteiger partial charge in [0.1, 0.15) is 5.01 Å². The Morgan fingerprint density at radius 3 is 2.41 bits per heavy atom. The highest BCUT2D eigenvalue weighted by Crippen LogP contribution is 2.31. The van der Waals surface area contributed by atoms with Crippen LogP contribution in [-0.2, 0) is 0 Å². The molecule has 0 aliphatic heterocycles. The van der Waals surface area contributed by atoms with Crippen molar-refractivity contribution in [1.82, 2.24) is 4.98 Å². The summed E-state index contributed by atoms with van der Waals surface area (Å²) in [6, 6.07) is 13.2. The van der Waals surface area contributed by atoms with E-state index < -0.39 is 5.97 Å². The van der Waals surface area contributed by atoms with Crippen LogP contribution < -0.4 is 4.90 Å². The standard InChI is InChI=1S/C16H14N2O2S.ClH/c1-18(2)12-6-3-10(4-7-12)15-17-13-8-5-11(16(19)20)9-14(13)21-15;/h3-9H,1-2H3,(H,19,20);1H. The van der Waals surface area contributed by atoms with E-state index in [1.807, 2.05) is 43.3 Å². The number of carboxylic acid groups (broad SMARTS) is 1. The van der Waals surface area contributed by atoms with Crippen molar-refractivity contribution in [2.75, 3.05) is 19.0 Å². The van der Waals surface area contributed by atoms with Gasteiger partial charge in [0.05, 0.1) is 15.8 Å². The number of carboxylic acids is 1. The third-order valence-corrected chi connectivity index (χ3v) is 4.33. The number of hydrogen-bond donors (Lipinski definition) is 1. The molecule has 114 valence electrons. The van der Waals surface area contributed by atoms with Crippen LogP contribution in [0, 0.1) is 0 Å². The zero-order valence-electron chi connectivity index (χ0n) is 12.1. The Bertz CT molecular complexity index is 813. The maximum atomic E-state index is 11.0. The van der Waals surface area contributed by atoms with Crippen LogP contribution in [0.3, 0.4) is 0 Å². The van der Waals surface area contributed by atoms with Gasteiger partial charge in [-0.2, -0.15) is 0 Å². The highest BCUT2D eigenvalue weighted by molar-refractivity contribution is 7.21. The smallest absolute Gasteiger partial charge is 0.335 e. The van der Waals surface area contributed by atoms with E-state index in [0.717, 1.165) is 26.5 Å². The molecule has 0 aliphatic carbocycles. The van der Waals surface area contributed by atoms with Crippen LogP contribution in [-0.4, -0.2) is 30.2 Å². The Hall–Kier alpha value is -2.11. The van der Waals surface area contributed by atoms with Crippen LogP contribution in [0.25, 0.3) is 20.8 Å². The van der Waals surface area contributed by atoms with Gasteiger partial charge in [0, 0.05) is 25.3 Å². The van der Waals surface area contributed by atoms with E-state index >= 15 is 0 Å². The van der Waals surface area contributed by atoms with E-state index in [2.05, 4.69) is 4.98 Å². The molecule has 0 fully saturated rings. The minimum absolute atomic E-state index is 0. The first-order valence-corrected chi connectivity index (χ1v) is 7.28. The number of anilines is 1. The van der Waals surface area contributed by atoms with Gasteiger partial charge in [-0.15, -0.1) is 23.7 Å². The topological polar surface area (TPSA) is 53.4 Å². The SMILES string of the molecule is CN(C)c1ccc(-c2nc3ccc(C(=O)O)cc3s2)cc1.Cl. The molecule has 3 rings (SSSR count). The van der Waals surface area contributed by atoms with E-state index in [-0.39, 0.29) is 12.4 Å². The summed E-state index contributed by atoms with van der Waals surface area (Å²) in [4.78, 5) is 17.6. The quantitative estimate of drug-likeness (QED) is 0.781. The van der Waals surface area contributed by atoms with Crippen LogP contribution >= 0.6 is 23.7 Å². The Morgan fingerprint density at radius 1 is 1.14 bits per heavy atom. The zero-order valence-corrected chi connectivity index (χ0v) is 13.7. The first-order valence-electron chi connectivity index (χ1n) is 6.46. The first-order chi connectivity index (χ1) is 10.0. The number of nitrogens with zero attached hydrogens (tertiary/aromatic N) is 2. The molecule has 0 spiro atoms. The second kappa shape index (κ2) is 6.34. The molecule has 0 radical (unpaired) electrons. The normalized spacial score (nSPS) is 10.3. The molecule has 3 aromatic rings. The van der Waals surface area contributed by atoms with Crippen molar-refractivity contribution in [2.45, 2.75) is 0 Å². The number of fused-ring (bicyclic) bond motifs is 1. The van der Waals surface area contributed by atoms with Crippen LogP contribution in [0.15, 0.2) is 42.5 Å². The van der Waals surface area contributed by atoms with Crippen molar-refractivity contribution in [3.05, 3.63) is 48.0 Å². The Balaban J connectivity index is 0.00000176. The molecule has 0 unspecified atom stereocenters. The number of halogens is 1. The summed E-state index contributed by atoms with van der Waals surface area (Å²) in [6.45, 7) is 0. The molecular weight excluding hydrogens is 320 g/mol. The fraction of sp³-hybridized carbons (Fsp3) is 0.125. The summed E-state index contributed by atoms with van der Waals surface area (Å²) < 4.78 is 0.890. The lowest BCUT2D eigenvalue weighted by Crippen LogP contribution is -2.07. The Morgan fingerprint density at radius 2 is 1.82 bits per heavy atom. The maximum Gasteiger partial charge on any atom is 0.335 e. The molecule has 1 aromatic heterocycles. The molecule has 2 aromatic carbocycles. The molecule has 0 bridgehead atoms. The highest BCUT2D eigenvalue weighted by atomic mass is 35.5. The van der Waals surface area contributed by atoms with Crippen LogP contribution in [0.2, 0.25) is 0 Å². The van der Waals surface area contributed by atoms with Gasteiger partial charge < -0.3 is 10.0 Å². The van der Waals surface area contributed by atoms with Gasteiger partial charge in [-0.1, -0.05) is 0 Å². The van der Waals surface area contributed by atoms with Crippen molar-refractivity contribution < 1.29 is 9.90 Å². The van der Waals surface area contributed by atoms with Crippen molar-refractivity contribution in [3.8, 4) is 10.6 Å². The molecule has 0 amide bonds. The third kappa shape index (κ3) is 3.05. The third-order valence-electron chi connectivity index (χ3n) is 3.27. The van der Waals surface area contributed by atoms with E-state index in [0.29, 0.717) is 5.56 Å². The largest absolute Gasteiger partial charge is 0.478 e. The lowest BCUT2D eigenvalue weighted by Gasteiger charge is -2.11. The molecule has 4 nitrogen and oxygen atoms in total. The van der Waals surface area contributed by atoms with Gasteiger partial charge in [0.25, 0.3) is 0 Å².